The Morgan fingerprint density at radius 1 is 1.14 bits per heavy atom. The third kappa shape index (κ3) is 2.64. The zero-order valence-corrected chi connectivity index (χ0v) is 11.7. The van der Waals surface area contributed by atoms with E-state index in [2.05, 4.69) is 9.97 Å². The number of fused-ring (bicyclic) bond motifs is 1. The van der Waals surface area contributed by atoms with Gasteiger partial charge in [0.05, 0.1) is 28.8 Å². The lowest BCUT2D eigenvalue weighted by Crippen LogP contribution is -2.06. The van der Waals surface area contributed by atoms with Crippen molar-refractivity contribution in [2.45, 2.75) is 13.1 Å². The van der Waals surface area contributed by atoms with Gasteiger partial charge in [0.25, 0.3) is 0 Å². The molecule has 114 valence electrons. The first-order valence-electron chi connectivity index (χ1n) is 6.78. The number of hydrogen-bond donors (Lipinski definition) is 1. The van der Waals surface area contributed by atoms with Crippen LogP contribution in [0, 0.1) is 0 Å². The van der Waals surface area contributed by atoms with Crippen molar-refractivity contribution >= 4 is 11.0 Å². The Bertz CT molecular complexity index is 776. The van der Waals surface area contributed by atoms with Crippen molar-refractivity contribution in [2.75, 3.05) is 6.61 Å². The third-order valence-corrected chi connectivity index (χ3v) is 3.25. The van der Waals surface area contributed by atoms with E-state index in [0.717, 1.165) is 17.6 Å². The lowest BCUT2D eigenvalue weighted by Gasteiger charge is -2.12. The fraction of sp³-hybridized carbons (Fsp3) is 0.188. The number of para-hydroxylation sites is 2. The van der Waals surface area contributed by atoms with Gasteiger partial charge in [0, 0.05) is 0 Å². The van der Waals surface area contributed by atoms with E-state index in [0.29, 0.717) is 29.3 Å². The van der Waals surface area contributed by atoms with Gasteiger partial charge in [0.15, 0.2) is 0 Å². The third-order valence-electron chi connectivity index (χ3n) is 3.25. The molecule has 3 nitrogen and oxygen atoms in total. The van der Waals surface area contributed by atoms with E-state index >= 15 is 0 Å². The molecule has 0 atom stereocenters. The molecule has 0 bridgehead atoms. The van der Waals surface area contributed by atoms with Gasteiger partial charge >= 0.3 is 6.18 Å². The molecule has 0 saturated carbocycles. The minimum Gasteiger partial charge on any atom is -0.493 e. The van der Waals surface area contributed by atoms with Gasteiger partial charge in [-0.1, -0.05) is 12.1 Å². The number of imidazole rings is 1. The average Bonchev–Trinajstić information content (AvgIpc) is 2.90. The molecule has 0 saturated heterocycles. The van der Waals surface area contributed by atoms with Gasteiger partial charge in [0.1, 0.15) is 11.6 Å². The monoisotopic (exact) mass is 306 g/mol. The molecular formula is C16H13F3N2O. The second-order valence-corrected chi connectivity index (χ2v) is 4.74. The maximum absolute atomic E-state index is 12.9. The zero-order valence-electron chi connectivity index (χ0n) is 11.7. The van der Waals surface area contributed by atoms with Gasteiger partial charge < -0.3 is 9.72 Å². The molecule has 0 amide bonds. The first-order chi connectivity index (χ1) is 10.5. The van der Waals surface area contributed by atoms with Crippen LogP contribution in [0.25, 0.3) is 22.4 Å². The fourth-order valence-corrected chi connectivity index (χ4v) is 2.25. The lowest BCUT2D eigenvalue weighted by molar-refractivity contribution is -0.137. The Morgan fingerprint density at radius 3 is 2.59 bits per heavy atom. The van der Waals surface area contributed by atoms with E-state index < -0.39 is 11.7 Å². The quantitative estimate of drug-likeness (QED) is 0.765. The highest BCUT2D eigenvalue weighted by atomic mass is 19.4. The Hall–Kier alpha value is -2.50. The number of rotatable bonds is 3. The summed E-state index contributed by atoms with van der Waals surface area (Å²) in [6, 6.07) is 10.7. The van der Waals surface area contributed by atoms with Crippen LogP contribution in [0.15, 0.2) is 42.5 Å². The Kier molecular flexibility index (Phi) is 3.52. The number of hydrogen-bond acceptors (Lipinski definition) is 2. The maximum Gasteiger partial charge on any atom is 0.416 e. The highest BCUT2D eigenvalue weighted by molar-refractivity contribution is 5.80. The molecule has 0 spiro atoms. The van der Waals surface area contributed by atoms with Gasteiger partial charge in [-0.25, -0.2) is 4.98 Å². The number of alkyl halides is 3. The summed E-state index contributed by atoms with van der Waals surface area (Å²) >= 11 is 0. The first kappa shape index (κ1) is 14.4. The van der Waals surface area contributed by atoms with Gasteiger partial charge in [-0.3, -0.25) is 0 Å². The largest absolute Gasteiger partial charge is 0.493 e. The molecule has 1 aromatic heterocycles. The van der Waals surface area contributed by atoms with Crippen molar-refractivity contribution in [1.29, 1.82) is 0 Å². The van der Waals surface area contributed by atoms with Crippen molar-refractivity contribution in [3.8, 4) is 17.1 Å². The maximum atomic E-state index is 12.9. The average molecular weight is 306 g/mol. The first-order valence-corrected chi connectivity index (χ1v) is 6.78. The Balaban J connectivity index is 2.17. The van der Waals surface area contributed by atoms with Crippen LogP contribution in [0.5, 0.6) is 5.75 Å². The second-order valence-electron chi connectivity index (χ2n) is 4.74. The second kappa shape index (κ2) is 5.36. The molecule has 1 heterocycles. The number of H-pyrrole nitrogens is 1. The molecule has 3 rings (SSSR count). The topological polar surface area (TPSA) is 37.9 Å². The van der Waals surface area contributed by atoms with Crippen molar-refractivity contribution in [1.82, 2.24) is 9.97 Å². The van der Waals surface area contributed by atoms with Crippen LogP contribution >= 0.6 is 0 Å². The number of ether oxygens (including phenoxy) is 1. The molecule has 1 N–H and O–H groups in total. The van der Waals surface area contributed by atoms with E-state index in [-0.39, 0.29) is 0 Å². The van der Waals surface area contributed by atoms with E-state index in [1.54, 1.807) is 13.0 Å². The molecule has 0 aliphatic heterocycles. The van der Waals surface area contributed by atoms with Crippen LogP contribution < -0.4 is 4.74 Å². The molecular weight excluding hydrogens is 293 g/mol. The molecule has 2 aromatic carbocycles. The summed E-state index contributed by atoms with van der Waals surface area (Å²) in [5.74, 6) is 0.727. The van der Waals surface area contributed by atoms with Crippen LogP contribution in [-0.4, -0.2) is 16.6 Å². The molecule has 3 aromatic rings. The summed E-state index contributed by atoms with van der Waals surface area (Å²) in [5, 5.41) is 0. The van der Waals surface area contributed by atoms with Crippen LogP contribution in [0.1, 0.15) is 12.5 Å². The molecule has 0 radical (unpaired) electrons. The minimum absolute atomic E-state index is 0.299. The highest BCUT2D eigenvalue weighted by Crippen LogP contribution is 2.36. The van der Waals surface area contributed by atoms with Crippen molar-refractivity contribution < 1.29 is 17.9 Å². The summed E-state index contributed by atoms with van der Waals surface area (Å²) in [4.78, 5) is 7.38. The molecule has 0 unspecified atom stereocenters. The molecule has 6 heteroatoms. The SMILES string of the molecule is CCOc1ccc(C(F)(F)F)cc1-c1nc2ccccc2[nH]1. The summed E-state index contributed by atoms with van der Waals surface area (Å²) in [5.41, 5.74) is 1.02. The van der Waals surface area contributed by atoms with E-state index in [1.165, 1.54) is 6.07 Å². The minimum atomic E-state index is -4.41. The smallest absolute Gasteiger partial charge is 0.416 e. The van der Waals surface area contributed by atoms with Crippen LogP contribution in [0.4, 0.5) is 13.2 Å². The Morgan fingerprint density at radius 2 is 1.91 bits per heavy atom. The number of aromatic nitrogens is 2. The molecule has 0 aliphatic rings. The molecule has 0 fully saturated rings. The van der Waals surface area contributed by atoms with E-state index in [9.17, 15) is 13.2 Å². The van der Waals surface area contributed by atoms with E-state index in [1.807, 2.05) is 18.2 Å². The predicted molar refractivity (Wildman–Crippen MR) is 77.7 cm³/mol. The number of benzene rings is 2. The summed E-state index contributed by atoms with van der Waals surface area (Å²) in [6.07, 6.45) is -4.41. The number of aromatic amines is 1. The van der Waals surface area contributed by atoms with Crippen molar-refractivity contribution in [3.05, 3.63) is 48.0 Å². The van der Waals surface area contributed by atoms with Crippen LogP contribution in [0.3, 0.4) is 0 Å². The predicted octanol–water partition coefficient (Wildman–Crippen LogP) is 4.65. The van der Waals surface area contributed by atoms with Gasteiger partial charge in [-0.15, -0.1) is 0 Å². The van der Waals surface area contributed by atoms with Crippen LogP contribution in [0.2, 0.25) is 0 Å². The van der Waals surface area contributed by atoms with Crippen molar-refractivity contribution in [2.24, 2.45) is 0 Å². The lowest BCUT2D eigenvalue weighted by atomic mass is 10.1. The van der Waals surface area contributed by atoms with Gasteiger partial charge in [0.2, 0.25) is 0 Å². The zero-order chi connectivity index (χ0) is 15.7. The van der Waals surface area contributed by atoms with Crippen molar-refractivity contribution in [3.63, 3.8) is 0 Å². The molecule has 0 aliphatic carbocycles. The summed E-state index contributed by atoms with van der Waals surface area (Å²) in [6.45, 7) is 2.14. The highest BCUT2D eigenvalue weighted by Gasteiger charge is 2.31. The standard InChI is InChI=1S/C16H13F3N2O/c1-2-22-14-8-7-10(16(17,18)19)9-11(14)15-20-12-5-3-4-6-13(12)21-15/h3-9H,2H2,1H3,(H,20,21). The number of nitrogens with one attached hydrogen (secondary N) is 1. The fourth-order valence-electron chi connectivity index (χ4n) is 2.25. The summed E-state index contributed by atoms with van der Waals surface area (Å²) in [7, 11) is 0. The summed E-state index contributed by atoms with van der Waals surface area (Å²) < 4.78 is 44.2. The normalized spacial score (nSPS) is 11.8. The Labute approximate surface area is 124 Å². The van der Waals surface area contributed by atoms with Crippen LogP contribution in [-0.2, 0) is 6.18 Å². The molecule has 22 heavy (non-hydrogen) atoms. The number of halogens is 3. The number of nitrogens with zero attached hydrogens (tertiary/aromatic N) is 1. The van der Waals surface area contributed by atoms with Gasteiger partial charge in [-0.05, 0) is 37.3 Å². The van der Waals surface area contributed by atoms with Gasteiger partial charge in [-0.2, -0.15) is 13.2 Å². The van der Waals surface area contributed by atoms with E-state index in [4.69, 9.17) is 4.74 Å².